The fraction of sp³-hybridized carbons (Fsp3) is 0.333. The largest absolute Gasteiger partial charge is 0.347 e. The van der Waals surface area contributed by atoms with Crippen LogP contribution >= 0.6 is 40.7 Å². The maximum absolute atomic E-state index is 11.8. The maximum atomic E-state index is 11.8. The average molecular weight is 369 g/mol. The minimum atomic E-state index is -0.128. The van der Waals surface area contributed by atoms with Crippen molar-refractivity contribution in [2.45, 2.75) is 6.42 Å². The number of hydrogen-bond acceptors (Lipinski definition) is 3. The van der Waals surface area contributed by atoms with Crippen molar-refractivity contribution in [2.75, 3.05) is 19.6 Å². The van der Waals surface area contributed by atoms with E-state index in [2.05, 4.69) is 37.6 Å². The van der Waals surface area contributed by atoms with Crippen LogP contribution in [0.5, 0.6) is 0 Å². The summed E-state index contributed by atoms with van der Waals surface area (Å²) in [5.41, 5.74) is 1.72. The van der Waals surface area contributed by atoms with Crippen molar-refractivity contribution < 1.29 is 4.79 Å². The molecule has 0 aromatic carbocycles. The van der Waals surface area contributed by atoms with E-state index in [0.29, 0.717) is 12.2 Å². The number of halogens is 3. The highest BCUT2D eigenvalue weighted by molar-refractivity contribution is 9.10. The Morgan fingerprint density at radius 1 is 1.42 bits per heavy atom. The molecule has 4 nitrogen and oxygen atoms in total. The predicted octanol–water partition coefficient (Wildman–Crippen LogP) is 2.34. The van der Waals surface area contributed by atoms with Gasteiger partial charge in [0.05, 0.1) is 0 Å². The summed E-state index contributed by atoms with van der Waals surface area (Å²) in [4.78, 5) is 15.8. The monoisotopic (exact) mass is 367 g/mol. The van der Waals surface area contributed by atoms with Crippen molar-refractivity contribution in [1.29, 1.82) is 0 Å². The van der Waals surface area contributed by atoms with Gasteiger partial charge in [-0.05, 0) is 41.0 Å². The average Bonchev–Trinajstić information content (AvgIpc) is 2.38. The Balaban J connectivity index is 0.00000162. The van der Waals surface area contributed by atoms with Crippen molar-refractivity contribution in [2.24, 2.45) is 0 Å². The molecule has 0 aliphatic carbocycles. The molecular formula is C12H16BrCl2N3O. The summed E-state index contributed by atoms with van der Waals surface area (Å²) < 4.78 is 0.870. The molecule has 1 aromatic heterocycles. The summed E-state index contributed by atoms with van der Waals surface area (Å²) in [6.45, 7) is 2.48. The molecule has 0 fully saturated rings. The number of rotatable bonds is 3. The first kappa shape index (κ1) is 18.4. The molecule has 0 saturated carbocycles. The predicted molar refractivity (Wildman–Crippen MR) is 84.3 cm³/mol. The molecular weight excluding hydrogens is 353 g/mol. The first-order chi connectivity index (χ1) is 8.25. The minimum absolute atomic E-state index is 0. The van der Waals surface area contributed by atoms with E-state index in [0.717, 1.165) is 24.0 Å². The zero-order valence-electron chi connectivity index (χ0n) is 10.2. The summed E-state index contributed by atoms with van der Waals surface area (Å²) in [6.07, 6.45) is 4.74. The van der Waals surface area contributed by atoms with Gasteiger partial charge in [-0.15, -0.1) is 24.8 Å². The molecule has 106 valence electrons. The summed E-state index contributed by atoms with van der Waals surface area (Å²) in [5, 5.41) is 6.11. The van der Waals surface area contributed by atoms with Gasteiger partial charge in [0, 0.05) is 23.8 Å². The van der Waals surface area contributed by atoms with Gasteiger partial charge in [0.1, 0.15) is 5.69 Å². The number of nitrogens with zero attached hydrogens (tertiary/aromatic N) is 1. The van der Waals surface area contributed by atoms with Crippen LogP contribution in [-0.2, 0) is 0 Å². The third-order valence-electron chi connectivity index (χ3n) is 2.59. The van der Waals surface area contributed by atoms with Crippen LogP contribution in [0.3, 0.4) is 0 Å². The molecule has 2 N–H and O–H groups in total. The Kier molecular flexibility index (Phi) is 9.01. The Bertz CT molecular complexity index is 437. The molecule has 1 aliphatic heterocycles. The SMILES string of the molecule is Cl.Cl.O=C(NCC1=CCNCC1)c1ccc(Br)cn1. The highest BCUT2D eigenvalue weighted by atomic mass is 79.9. The molecule has 0 radical (unpaired) electrons. The van der Waals surface area contributed by atoms with Gasteiger partial charge < -0.3 is 10.6 Å². The van der Waals surface area contributed by atoms with E-state index in [4.69, 9.17) is 0 Å². The zero-order valence-corrected chi connectivity index (χ0v) is 13.4. The number of aromatic nitrogens is 1. The van der Waals surface area contributed by atoms with Crippen LogP contribution in [0.25, 0.3) is 0 Å². The van der Waals surface area contributed by atoms with E-state index < -0.39 is 0 Å². The van der Waals surface area contributed by atoms with E-state index in [1.54, 1.807) is 12.3 Å². The van der Waals surface area contributed by atoms with Crippen LogP contribution in [0.4, 0.5) is 0 Å². The molecule has 0 atom stereocenters. The Morgan fingerprint density at radius 3 is 2.79 bits per heavy atom. The lowest BCUT2D eigenvalue weighted by Crippen LogP contribution is -2.30. The van der Waals surface area contributed by atoms with Crippen LogP contribution in [0.1, 0.15) is 16.9 Å². The second-order valence-electron chi connectivity index (χ2n) is 3.86. The second kappa shape index (κ2) is 9.31. The summed E-state index contributed by atoms with van der Waals surface area (Å²) in [6, 6.07) is 3.52. The number of pyridine rings is 1. The third kappa shape index (κ3) is 5.91. The lowest BCUT2D eigenvalue weighted by molar-refractivity contribution is 0.0951. The van der Waals surface area contributed by atoms with Crippen LogP contribution in [0.15, 0.2) is 34.5 Å². The van der Waals surface area contributed by atoms with Crippen molar-refractivity contribution in [3.05, 3.63) is 40.1 Å². The Morgan fingerprint density at radius 2 is 2.21 bits per heavy atom. The second-order valence-corrected chi connectivity index (χ2v) is 4.78. The third-order valence-corrected chi connectivity index (χ3v) is 3.06. The molecule has 0 unspecified atom stereocenters. The van der Waals surface area contributed by atoms with Crippen LogP contribution in [-0.4, -0.2) is 30.5 Å². The number of hydrogen-bond donors (Lipinski definition) is 2. The van der Waals surface area contributed by atoms with E-state index >= 15 is 0 Å². The number of amides is 1. The molecule has 1 aromatic rings. The van der Waals surface area contributed by atoms with Crippen molar-refractivity contribution >= 4 is 46.7 Å². The molecule has 1 aliphatic rings. The van der Waals surface area contributed by atoms with Gasteiger partial charge in [0.15, 0.2) is 0 Å². The number of carbonyl (C=O) groups is 1. The number of carbonyl (C=O) groups excluding carboxylic acids is 1. The minimum Gasteiger partial charge on any atom is -0.347 e. The molecule has 0 spiro atoms. The molecule has 7 heteroatoms. The van der Waals surface area contributed by atoms with E-state index in [-0.39, 0.29) is 30.7 Å². The van der Waals surface area contributed by atoms with Crippen LogP contribution < -0.4 is 10.6 Å². The standard InChI is InChI=1S/C12H14BrN3O.2ClH/c13-10-1-2-11(15-8-10)12(17)16-7-9-3-5-14-6-4-9;;/h1-3,8,14H,4-7H2,(H,16,17);2*1H. The van der Waals surface area contributed by atoms with Crippen LogP contribution in [0.2, 0.25) is 0 Å². The topological polar surface area (TPSA) is 54.0 Å². The van der Waals surface area contributed by atoms with Crippen molar-refractivity contribution in [3.63, 3.8) is 0 Å². The van der Waals surface area contributed by atoms with Gasteiger partial charge in [0.2, 0.25) is 0 Å². The first-order valence-corrected chi connectivity index (χ1v) is 6.33. The lowest BCUT2D eigenvalue weighted by Gasteiger charge is -2.14. The summed E-state index contributed by atoms with van der Waals surface area (Å²) in [5.74, 6) is -0.128. The van der Waals surface area contributed by atoms with Crippen molar-refractivity contribution in [1.82, 2.24) is 15.6 Å². The highest BCUT2D eigenvalue weighted by Gasteiger charge is 2.08. The first-order valence-electron chi connectivity index (χ1n) is 5.54. The van der Waals surface area contributed by atoms with E-state index in [1.807, 2.05) is 6.07 Å². The van der Waals surface area contributed by atoms with Crippen LogP contribution in [0, 0.1) is 0 Å². The lowest BCUT2D eigenvalue weighted by atomic mass is 10.1. The Hall–Kier alpha value is -0.620. The quantitative estimate of drug-likeness (QED) is 0.805. The fourth-order valence-electron chi connectivity index (χ4n) is 1.62. The smallest absolute Gasteiger partial charge is 0.270 e. The van der Waals surface area contributed by atoms with Gasteiger partial charge >= 0.3 is 0 Å². The molecule has 2 rings (SSSR count). The van der Waals surface area contributed by atoms with Gasteiger partial charge in [-0.3, -0.25) is 4.79 Å². The molecule has 19 heavy (non-hydrogen) atoms. The Labute approximate surface area is 133 Å². The highest BCUT2D eigenvalue weighted by Crippen LogP contribution is 2.07. The molecule has 1 amide bonds. The summed E-state index contributed by atoms with van der Waals surface area (Å²) in [7, 11) is 0. The van der Waals surface area contributed by atoms with E-state index in [1.165, 1.54) is 5.57 Å². The zero-order chi connectivity index (χ0) is 12.1. The molecule has 0 bridgehead atoms. The molecule has 2 heterocycles. The molecule has 0 saturated heterocycles. The van der Waals surface area contributed by atoms with Crippen molar-refractivity contribution in [3.8, 4) is 0 Å². The van der Waals surface area contributed by atoms with Gasteiger partial charge in [0.25, 0.3) is 5.91 Å². The normalized spacial score (nSPS) is 13.6. The number of nitrogens with one attached hydrogen (secondary N) is 2. The van der Waals surface area contributed by atoms with Gasteiger partial charge in [-0.1, -0.05) is 11.6 Å². The summed E-state index contributed by atoms with van der Waals surface area (Å²) >= 11 is 3.29. The van der Waals surface area contributed by atoms with Gasteiger partial charge in [-0.25, -0.2) is 4.98 Å². The maximum Gasteiger partial charge on any atom is 0.270 e. The van der Waals surface area contributed by atoms with Gasteiger partial charge in [-0.2, -0.15) is 0 Å². The van der Waals surface area contributed by atoms with E-state index in [9.17, 15) is 4.79 Å². The fourth-order valence-corrected chi connectivity index (χ4v) is 1.86.